The first kappa shape index (κ1) is 19.0. The Bertz CT molecular complexity index is 1120. The fourth-order valence-electron chi connectivity index (χ4n) is 3.95. The fourth-order valence-corrected chi connectivity index (χ4v) is 4.85. The van der Waals surface area contributed by atoms with Gasteiger partial charge in [-0.15, -0.1) is 0 Å². The normalized spacial score (nSPS) is 14.7. The summed E-state index contributed by atoms with van der Waals surface area (Å²) >= 11 is 1.68. The molecule has 0 aliphatic heterocycles. The molecule has 5 rings (SSSR count). The van der Waals surface area contributed by atoms with Crippen LogP contribution in [0, 0.1) is 5.92 Å². The van der Waals surface area contributed by atoms with Gasteiger partial charge in [-0.25, -0.2) is 4.98 Å². The molecule has 0 atom stereocenters. The number of nitrogens with zero attached hydrogens (tertiary/aromatic N) is 3. The molecular weight excluding hydrogens is 392 g/mol. The quantitative estimate of drug-likeness (QED) is 0.387. The summed E-state index contributed by atoms with van der Waals surface area (Å²) in [7, 11) is 0. The van der Waals surface area contributed by atoms with Gasteiger partial charge in [-0.05, 0) is 49.1 Å². The van der Waals surface area contributed by atoms with Crippen molar-refractivity contribution in [1.82, 2.24) is 15.0 Å². The number of aromatic nitrogens is 3. The number of thiazole rings is 1. The van der Waals surface area contributed by atoms with Gasteiger partial charge in [-0.3, -0.25) is 9.97 Å². The van der Waals surface area contributed by atoms with Crippen LogP contribution in [0.15, 0.2) is 61.1 Å². The molecule has 1 aliphatic carbocycles. The van der Waals surface area contributed by atoms with Crippen molar-refractivity contribution in [1.29, 1.82) is 0 Å². The maximum Gasteiger partial charge on any atom is 0.183 e. The van der Waals surface area contributed by atoms with Crippen LogP contribution >= 0.6 is 11.3 Å². The Balaban J connectivity index is 1.29. The van der Waals surface area contributed by atoms with Crippen molar-refractivity contribution < 1.29 is 4.74 Å². The van der Waals surface area contributed by atoms with E-state index in [0.717, 1.165) is 44.8 Å². The SMILES string of the molecule is c1ccc(-c2cncc(Oc3ccc4nc(NCC5CCCCC5)sc4c3)c2)nc1. The van der Waals surface area contributed by atoms with E-state index in [0.29, 0.717) is 5.75 Å². The van der Waals surface area contributed by atoms with Gasteiger partial charge in [0, 0.05) is 30.6 Å². The van der Waals surface area contributed by atoms with Crippen LogP contribution in [0.5, 0.6) is 11.5 Å². The summed E-state index contributed by atoms with van der Waals surface area (Å²) in [6, 6.07) is 13.8. The molecule has 0 amide bonds. The minimum Gasteiger partial charge on any atom is -0.456 e. The van der Waals surface area contributed by atoms with E-state index in [1.54, 1.807) is 29.9 Å². The third kappa shape index (κ3) is 4.44. The standard InChI is InChI=1S/C24H24N4OS/c1-2-6-17(7-3-1)14-27-24-28-22-10-9-19(13-23(22)30-24)29-20-12-18(15-25-16-20)21-8-4-5-11-26-21/h4-5,8-13,15-17H,1-3,6-7,14H2,(H,27,28). The smallest absolute Gasteiger partial charge is 0.183 e. The molecule has 0 unspecified atom stereocenters. The molecule has 4 aromatic rings. The summed E-state index contributed by atoms with van der Waals surface area (Å²) in [6.45, 7) is 1.02. The summed E-state index contributed by atoms with van der Waals surface area (Å²) < 4.78 is 7.20. The third-order valence-corrected chi connectivity index (χ3v) is 6.51. The lowest BCUT2D eigenvalue weighted by Gasteiger charge is -2.21. The highest BCUT2D eigenvalue weighted by Crippen LogP contribution is 2.32. The topological polar surface area (TPSA) is 59.9 Å². The molecule has 0 saturated heterocycles. The Labute approximate surface area is 180 Å². The van der Waals surface area contributed by atoms with E-state index >= 15 is 0 Å². The van der Waals surface area contributed by atoms with E-state index in [9.17, 15) is 0 Å². The summed E-state index contributed by atoms with van der Waals surface area (Å²) in [4.78, 5) is 13.4. The van der Waals surface area contributed by atoms with Crippen LogP contribution in [0.3, 0.4) is 0 Å². The predicted octanol–water partition coefficient (Wildman–Crippen LogP) is 6.54. The number of anilines is 1. The molecule has 1 aromatic carbocycles. The first-order valence-corrected chi connectivity index (χ1v) is 11.3. The molecule has 3 heterocycles. The van der Waals surface area contributed by atoms with E-state index < -0.39 is 0 Å². The number of ether oxygens (including phenoxy) is 1. The average Bonchev–Trinajstić information content (AvgIpc) is 3.21. The van der Waals surface area contributed by atoms with Gasteiger partial charge in [0.05, 0.1) is 22.1 Å². The lowest BCUT2D eigenvalue weighted by Crippen LogP contribution is -2.16. The number of benzene rings is 1. The second kappa shape index (κ2) is 8.79. The Morgan fingerprint density at radius 2 is 1.93 bits per heavy atom. The van der Waals surface area contributed by atoms with E-state index in [-0.39, 0.29) is 0 Å². The van der Waals surface area contributed by atoms with Gasteiger partial charge in [0.2, 0.25) is 0 Å². The lowest BCUT2D eigenvalue weighted by molar-refractivity contribution is 0.373. The molecule has 1 fully saturated rings. The van der Waals surface area contributed by atoms with E-state index in [4.69, 9.17) is 9.72 Å². The number of fused-ring (bicyclic) bond motifs is 1. The van der Waals surface area contributed by atoms with Gasteiger partial charge in [0.15, 0.2) is 5.13 Å². The third-order valence-electron chi connectivity index (χ3n) is 5.54. The Morgan fingerprint density at radius 1 is 1.00 bits per heavy atom. The number of rotatable bonds is 6. The van der Waals surface area contributed by atoms with Crippen LogP contribution in [-0.2, 0) is 0 Å². The van der Waals surface area contributed by atoms with Crippen LogP contribution < -0.4 is 10.1 Å². The van der Waals surface area contributed by atoms with E-state index in [1.165, 1.54) is 32.1 Å². The number of nitrogens with one attached hydrogen (secondary N) is 1. The highest BCUT2D eigenvalue weighted by molar-refractivity contribution is 7.22. The minimum atomic E-state index is 0.692. The molecule has 0 radical (unpaired) electrons. The Kier molecular flexibility index (Phi) is 5.57. The zero-order valence-corrected chi connectivity index (χ0v) is 17.6. The molecule has 1 saturated carbocycles. The second-order valence-electron chi connectivity index (χ2n) is 7.76. The van der Waals surface area contributed by atoms with Crippen molar-refractivity contribution in [3.05, 3.63) is 61.1 Å². The summed E-state index contributed by atoms with van der Waals surface area (Å²) in [5.74, 6) is 2.26. The zero-order chi connectivity index (χ0) is 20.2. The molecule has 3 aromatic heterocycles. The molecular formula is C24H24N4OS. The largest absolute Gasteiger partial charge is 0.456 e. The van der Waals surface area contributed by atoms with Crippen LogP contribution in [0.4, 0.5) is 5.13 Å². The van der Waals surface area contributed by atoms with Crippen LogP contribution in [0.1, 0.15) is 32.1 Å². The van der Waals surface area contributed by atoms with Crippen molar-refractivity contribution in [2.24, 2.45) is 5.92 Å². The highest BCUT2D eigenvalue weighted by Gasteiger charge is 2.14. The summed E-state index contributed by atoms with van der Waals surface area (Å²) in [6.07, 6.45) is 12.1. The van der Waals surface area contributed by atoms with Gasteiger partial charge < -0.3 is 10.1 Å². The molecule has 1 N–H and O–H groups in total. The molecule has 1 aliphatic rings. The van der Waals surface area contributed by atoms with Gasteiger partial charge in [0.1, 0.15) is 11.5 Å². The zero-order valence-electron chi connectivity index (χ0n) is 16.8. The minimum absolute atomic E-state index is 0.692. The van der Waals surface area contributed by atoms with Gasteiger partial charge >= 0.3 is 0 Å². The van der Waals surface area contributed by atoms with Crippen molar-refractivity contribution in [2.45, 2.75) is 32.1 Å². The monoisotopic (exact) mass is 416 g/mol. The van der Waals surface area contributed by atoms with Crippen LogP contribution in [0.25, 0.3) is 21.5 Å². The van der Waals surface area contributed by atoms with Gasteiger partial charge in [0.25, 0.3) is 0 Å². The molecule has 30 heavy (non-hydrogen) atoms. The molecule has 5 nitrogen and oxygen atoms in total. The van der Waals surface area contributed by atoms with E-state index in [1.807, 2.05) is 42.5 Å². The number of hydrogen-bond acceptors (Lipinski definition) is 6. The average molecular weight is 417 g/mol. The highest BCUT2D eigenvalue weighted by atomic mass is 32.1. The predicted molar refractivity (Wildman–Crippen MR) is 122 cm³/mol. The van der Waals surface area contributed by atoms with Gasteiger partial charge in [-0.1, -0.05) is 36.7 Å². The van der Waals surface area contributed by atoms with Gasteiger partial charge in [-0.2, -0.15) is 0 Å². The van der Waals surface area contributed by atoms with Crippen molar-refractivity contribution in [2.75, 3.05) is 11.9 Å². The first-order chi connectivity index (χ1) is 14.8. The maximum atomic E-state index is 6.08. The van der Waals surface area contributed by atoms with Crippen LogP contribution in [0.2, 0.25) is 0 Å². The maximum absolute atomic E-state index is 6.08. The second-order valence-corrected chi connectivity index (χ2v) is 8.79. The van der Waals surface area contributed by atoms with Crippen molar-refractivity contribution in [3.63, 3.8) is 0 Å². The Morgan fingerprint density at radius 3 is 2.80 bits per heavy atom. The lowest BCUT2D eigenvalue weighted by atomic mass is 9.89. The molecule has 0 bridgehead atoms. The number of pyridine rings is 2. The number of hydrogen-bond donors (Lipinski definition) is 1. The van der Waals surface area contributed by atoms with Crippen LogP contribution in [-0.4, -0.2) is 21.5 Å². The molecule has 152 valence electrons. The van der Waals surface area contributed by atoms with Crippen molar-refractivity contribution in [3.8, 4) is 22.8 Å². The first-order valence-electron chi connectivity index (χ1n) is 10.5. The molecule has 0 spiro atoms. The van der Waals surface area contributed by atoms with Crippen molar-refractivity contribution >= 4 is 26.7 Å². The summed E-state index contributed by atoms with van der Waals surface area (Å²) in [5.41, 5.74) is 2.81. The summed E-state index contributed by atoms with van der Waals surface area (Å²) in [5, 5.41) is 4.54. The fraction of sp³-hybridized carbons (Fsp3) is 0.292. The van der Waals surface area contributed by atoms with E-state index in [2.05, 4.69) is 15.3 Å². The molecule has 6 heteroatoms. The Hall–Kier alpha value is -2.99.